The number of likely N-dealkylation sites (tertiary alicyclic amines) is 1. The Labute approximate surface area is 238 Å². The second kappa shape index (κ2) is 11.7. The minimum Gasteiger partial charge on any atom is -0.356 e. The summed E-state index contributed by atoms with van der Waals surface area (Å²) in [6.07, 6.45) is -5.67. The Morgan fingerprint density at radius 3 is 2.26 bits per heavy atom. The predicted octanol–water partition coefficient (Wildman–Crippen LogP) is 1.82. The average Bonchev–Trinajstić information content (AvgIpc) is 3.45. The van der Waals surface area contributed by atoms with E-state index in [1.54, 1.807) is 5.32 Å². The van der Waals surface area contributed by atoms with Crippen LogP contribution in [0.3, 0.4) is 0 Å². The summed E-state index contributed by atoms with van der Waals surface area (Å²) in [7, 11) is -4.36. The van der Waals surface area contributed by atoms with Gasteiger partial charge in [0.25, 0.3) is 0 Å². The lowest BCUT2D eigenvalue weighted by Crippen LogP contribution is -2.60. The van der Waals surface area contributed by atoms with Gasteiger partial charge in [-0.3, -0.25) is 19.2 Å². The fourth-order valence-electron chi connectivity index (χ4n) is 5.78. The third-order valence-corrected chi connectivity index (χ3v) is 8.63. The second-order valence-electron chi connectivity index (χ2n) is 12.3. The maximum Gasteiger partial charge on any atom is 0.471 e. The molecule has 0 bridgehead atoms. The Morgan fingerprint density at radius 2 is 1.76 bits per heavy atom. The van der Waals surface area contributed by atoms with Crippen molar-refractivity contribution in [1.29, 1.82) is 0 Å². The Hall–Kier alpha value is -2.85. The van der Waals surface area contributed by atoms with Crippen LogP contribution in [0.1, 0.15) is 46.5 Å². The van der Waals surface area contributed by atoms with Gasteiger partial charge in [-0.2, -0.15) is 17.6 Å². The molecule has 3 fully saturated rings. The minimum atomic E-state index is -5.33. The molecule has 42 heavy (non-hydrogen) atoms. The first-order valence-electron chi connectivity index (χ1n) is 13.2. The summed E-state index contributed by atoms with van der Waals surface area (Å²) in [6.45, 7) is 3.97. The highest BCUT2D eigenvalue weighted by Gasteiger charge is 2.59. The van der Waals surface area contributed by atoms with Crippen LogP contribution in [-0.2, 0) is 29.0 Å². The molecule has 3 aliphatic rings. The Kier molecular flexibility index (Phi) is 9.36. The predicted molar refractivity (Wildman–Crippen MR) is 136 cm³/mol. The summed E-state index contributed by atoms with van der Waals surface area (Å²) in [5, 5.41) is 4.95. The van der Waals surface area contributed by atoms with E-state index in [0.29, 0.717) is 12.3 Å². The van der Waals surface area contributed by atoms with Crippen LogP contribution in [0.15, 0.2) is 11.2 Å². The van der Waals surface area contributed by atoms with Crippen LogP contribution in [0.2, 0.25) is 0 Å². The largest absolute Gasteiger partial charge is 0.471 e. The molecule has 2 aliphatic heterocycles. The fourth-order valence-corrected chi connectivity index (χ4v) is 6.19. The zero-order valence-electron chi connectivity index (χ0n) is 23.4. The number of halogens is 6. The molecular formula is C25H34F6N4O6S. The molecule has 4 amide bonds. The van der Waals surface area contributed by atoms with Crippen molar-refractivity contribution >= 4 is 33.5 Å². The van der Waals surface area contributed by atoms with E-state index >= 15 is 0 Å². The number of nitrogens with one attached hydrogen (secondary N) is 3. The molecule has 3 N–H and O–H groups in total. The number of hydrogen-bond acceptors (Lipinski definition) is 6. The number of carbonyl (C=O) groups excluding carboxylic acids is 4. The van der Waals surface area contributed by atoms with Gasteiger partial charge in [-0.25, -0.2) is 17.2 Å². The van der Waals surface area contributed by atoms with Gasteiger partial charge in [0.1, 0.15) is 12.1 Å². The first-order chi connectivity index (χ1) is 19.0. The highest BCUT2D eigenvalue weighted by Crippen LogP contribution is 2.50. The SMILES string of the molecule is CC(C)(C)[C@H](NC(=O)C(F)(F)F)C(=O)N1C[C@@H]2CC(F)(F)C[C@@H]2[C@H]1C(=O)N[C@H](/C=C(\F)S(C)(=O)=O)C[C@H]1CCNC1=O. The molecule has 2 heterocycles. The number of rotatable bonds is 8. The molecule has 238 valence electrons. The van der Waals surface area contributed by atoms with Crippen molar-refractivity contribution in [2.75, 3.05) is 19.3 Å². The highest BCUT2D eigenvalue weighted by atomic mass is 32.2. The summed E-state index contributed by atoms with van der Waals surface area (Å²) in [4.78, 5) is 52.0. The summed E-state index contributed by atoms with van der Waals surface area (Å²) >= 11 is 0. The smallest absolute Gasteiger partial charge is 0.356 e. The molecule has 6 atom stereocenters. The molecule has 0 aromatic rings. The van der Waals surface area contributed by atoms with Crippen molar-refractivity contribution in [3.63, 3.8) is 0 Å². The van der Waals surface area contributed by atoms with Gasteiger partial charge in [0.2, 0.25) is 38.6 Å². The minimum absolute atomic E-state index is 0.252. The van der Waals surface area contributed by atoms with E-state index in [1.807, 2.05) is 0 Å². The number of hydrogen-bond donors (Lipinski definition) is 3. The van der Waals surface area contributed by atoms with Gasteiger partial charge in [0.05, 0.1) is 6.04 Å². The molecule has 0 radical (unpaired) electrons. The normalized spacial score (nSPS) is 27.7. The third kappa shape index (κ3) is 7.75. The van der Waals surface area contributed by atoms with E-state index in [-0.39, 0.29) is 19.4 Å². The summed E-state index contributed by atoms with van der Waals surface area (Å²) in [5.74, 6) is -11.0. The van der Waals surface area contributed by atoms with Gasteiger partial charge in [-0.1, -0.05) is 20.8 Å². The van der Waals surface area contributed by atoms with Crippen LogP contribution in [0.25, 0.3) is 0 Å². The summed E-state index contributed by atoms with van der Waals surface area (Å²) in [6, 6.07) is -4.87. The van der Waals surface area contributed by atoms with Crippen LogP contribution < -0.4 is 16.0 Å². The number of alkyl halides is 5. The Bertz CT molecular complexity index is 1250. The molecule has 0 aromatic heterocycles. The second-order valence-corrected chi connectivity index (χ2v) is 14.2. The lowest BCUT2D eigenvalue weighted by Gasteiger charge is -2.37. The van der Waals surface area contributed by atoms with Crippen LogP contribution in [0.5, 0.6) is 0 Å². The molecule has 1 aliphatic carbocycles. The molecule has 10 nitrogen and oxygen atoms in total. The fraction of sp³-hybridized carbons (Fsp3) is 0.760. The monoisotopic (exact) mass is 632 g/mol. The van der Waals surface area contributed by atoms with Gasteiger partial charge in [0.15, 0.2) is 0 Å². The summed E-state index contributed by atoms with van der Waals surface area (Å²) < 4.78 is 106. The third-order valence-electron chi connectivity index (χ3n) is 7.79. The van der Waals surface area contributed by atoms with Crippen molar-refractivity contribution < 1.29 is 53.9 Å². The lowest BCUT2D eigenvalue weighted by molar-refractivity contribution is -0.176. The van der Waals surface area contributed by atoms with E-state index in [9.17, 15) is 53.9 Å². The van der Waals surface area contributed by atoms with Crippen molar-refractivity contribution in [1.82, 2.24) is 20.9 Å². The van der Waals surface area contributed by atoms with Crippen LogP contribution in [0, 0.1) is 23.2 Å². The highest BCUT2D eigenvalue weighted by molar-refractivity contribution is 7.94. The van der Waals surface area contributed by atoms with E-state index in [1.165, 1.54) is 20.8 Å². The molecule has 0 spiro atoms. The molecule has 2 saturated heterocycles. The maximum atomic E-state index is 14.5. The van der Waals surface area contributed by atoms with Crippen molar-refractivity contribution in [3.05, 3.63) is 11.2 Å². The van der Waals surface area contributed by atoms with Crippen LogP contribution >= 0.6 is 0 Å². The number of fused-ring (bicyclic) bond motifs is 1. The number of sulfone groups is 1. The molecule has 17 heteroatoms. The number of carbonyl (C=O) groups is 4. The van der Waals surface area contributed by atoms with E-state index in [4.69, 9.17) is 0 Å². The van der Waals surface area contributed by atoms with Gasteiger partial charge in [0, 0.05) is 38.1 Å². The van der Waals surface area contributed by atoms with E-state index in [0.717, 1.165) is 4.90 Å². The molecule has 1 saturated carbocycles. The van der Waals surface area contributed by atoms with Gasteiger partial charge < -0.3 is 20.9 Å². The first kappa shape index (κ1) is 33.6. The molecular weight excluding hydrogens is 598 g/mol. The standard InChI is InChI=1S/C25H34F6N4O6S/c1-23(2,3)18(34-22(39)25(29,30)31)21(38)35-11-13-9-24(27,28)10-15(13)17(35)20(37)33-14(8-16(26)42(4,40)41)7-12-5-6-32-19(12)36/h8,12-15,17-18H,5-7,9-11H2,1-4H3,(H,32,36)(H,33,37)(H,34,39)/b16-8+/t12-,13+,14+,15+,17+,18-/m1/s1. The zero-order chi connectivity index (χ0) is 32.0. The Balaban J connectivity index is 1.97. The van der Waals surface area contributed by atoms with Crippen molar-refractivity contribution in [3.8, 4) is 0 Å². The van der Waals surface area contributed by atoms with E-state index in [2.05, 4.69) is 10.6 Å². The average molecular weight is 633 g/mol. The quantitative estimate of drug-likeness (QED) is 0.349. The van der Waals surface area contributed by atoms with Gasteiger partial charge >= 0.3 is 12.1 Å². The van der Waals surface area contributed by atoms with Crippen molar-refractivity contribution in [2.24, 2.45) is 23.2 Å². The molecule has 0 unspecified atom stereocenters. The first-order valence-corrected chi connectivity index (χ1v) is 15.1. The van der Waals surface area contributed by atoms with Crippen molar-refractivity contribution in [2.45, 2.75) is 76.7 Å². The topological polar surface area (TPSA) is 142 Å². The lowest BCUT2D eigenvalue weighted by atomic mass is 9.85. The summed E-state index contributed by atoms with van der Waals surface area (Å²) in [5.41, 5.74) is -1.31. The maximum absolute atomic E-state index is 14.5. The van der Waals surface area contributed by atoms with E-state index < -0.39 is 111 Å². The van der Waals surface area contributed by atoms with Crippen LogP contribution in [-0.4, -0.2) is 86.5 Å². The Morgan fingerprint density at radius 1 is 1.14 bits per heavy atom. The molecule has 3 rings (SSSR count). The number of amides is 4. The van der Waals surface area contributed by atoms with Gasteiger partial charge in [-0.05, 0) is 36.2 Å². The molecule has 0 aromatic carbocycles. The number of nitrogens with zero attached hydrogens (tertiary/aromatic N) is 1. The zero-order valence-corrected chi connectivity index (χ0v) is 24.2. The van der Waals surface area contributed by atoms with Crippen LogP contribution in [0.4, 0.5) is 26.3 Å². The van der Waals surface area contributed by atoms with Gasteiger partial charge in [-0.15, -0.1) is 0 Å².